The number of fused-ring (bicyclic) bond motifs is 2. The number of aromatic nitrogens is 3. The predicted molar refractivity (Wildman–Crippen MR) is 109 cm³/mol. The summed E-state index contributed by atoms with van der Waals surface area (Å²) in [6, 6.07) is 6.95. The summed E-state index contributed by atoms with van der Waals surface area (Å²) >= 11 is 0. The van der Waals surface area contributed by atoms with Gasteiger partial charge in [-0.3, -0.25) is 14.2 Å². The number of anilines is 1. The van der Waals surface area contributed by atoms with Crippen LogP contribution in [0.5, 0.6) is 11.5 Å². The summed E-state index contributed by atoms with van der Waals surface area (Å²) in [6.07, 6.45) is 5.42. The van der Waals surface area contributed by atoms with Gasteiger partial charge < -0.3 is 14.8 Å². The Balaban J connectivity index is 1.58. The van der Waals surface area contributed by atoms with Gasteiger partial charge in [-0.1, -0.05) is 0 Å². The van der Waals surface area contributed by atoms with Crippen LogP contribution in [-0.4, -0.2) is 34.7 Å². The van der Waals surface area contributed by atoms with Crippen molar-refractivity contribution in [2.45, 2.75) is 32.2 Å². The highest BCUT2D eigenvalue weighted by Crippen LogP contribution is 2.26. The van der Waals surface area contributed by atoms with Gasteiger partial charge in [0.25, 0.3) is 5.56 Å². The lowest BCUT2D eigenvalue weighted by Crippen LogP contribution is -2.28. The Bertz CT molecular complexity index is 1120. The molecular formula is C21H22N4O4. The average Bonchev–Trinajstić information content (AvgIpc) is 2.74. The number of nitrogens with one attached hydrogen (secondary N) is 1. The summed E-state index contributed by atoms with van der Waals surface area (Å²) in [7, 11) is 3.07. The summed E-state index contributed by atoms with van der Waals surface area (Å²) in [6.45, 7) is -0.154. The molecule has 0 saturated carbocycles. The number of hydrogen-bond acceptors (Lipinski definition) is 6. The maximum absolute atomic E-state index is 12.9. The standard InChI is InChI=1S/C21H22N4O4/c1-28-15-8-14(9-16(10-15)29-2)23-19(26)11-25-12-22-20-17(21(25)27)7-13-5-3-4-6-18(13)24-20/h7-10,12H,3-6,11H2,1-2H3,(H,23,26). The normalized spacial score (nSPS) is 13.0. The molecular weight excluding hydrogens is 372 g/mol. The SMILES string of the molecule is COc1cc(NC(=O)Cn2cnc3nc4c(cc3c2=O)CCCC4)cc(OC)c1. The van der Waals surface area contributed by atoms with E-state index in [0.717, 1.165) is 36.9 Å². The Labute approximate surface area is 167 Å². The molecule has 0 spiro atoms. The number of ether oxygens (including phenoxy) is 2. The zero-order valence-corrected chi connectivity index (χ0v) is 16.4. The number of amides is 1. The Morgan fingerprint density at radius 1 is 1.10 bits per heavy atom. The second-order valence-corrected chi connectivity index (χ2v) is 7.00. The summed E-state index contributed by atoms with van der Waals surface area (Å²) in [5.74, 6) is 0.759. The molecule has 0 fully saturated rings. The molecule has 29 heavy (non-hydrogen) atoms. The van der Waals surface area contributed by atoms with Gasteiger partial charge in [-0.05, 0) is 37.3 Å². The Morgan fingerprint density at radius 3 is 2.55 bits per heavy atom. The lowest BCUT2D eigenvalue weighted by Gasteiger charge is -2.15. The topological polar surface area (TPSA) is 95.3 Å². The van der Waals surface area contributed by atoms with E-state index >= 15 is 0 Å². The fraction of sp³-hybridized carbons (Fsp3) is 0.333. The molecule has 1 amide bonds. The summed E-state index contributed by atoms with van der Waals surface area (Å²) in [4.78, 5) is 34.2. The summed E-state index contributed by atoms with van der Waals surface area (Å²) in [5.41, 5.74) is 2.81. The molecule has 1 N–H and O–H groups in total. The third-order valence-corrected chi connectivity index (χ3v) is 5.04. The molecule has 2 aromatic heterocycles. The molecule has 0 unspecified atom stereocenters. The fourth-order valence-corrected chi connectivity index (χ4v) is 3.56. The summed E-state index contributed by atoms with van der Waals surface area (Å²) < 4.78 is 11.7. The van der Waals surface area contributed by atoms with Gasteiger partial charge in [0.1, 0.15) is 24.4 Å². The molecule has 0 saturated heterocycles. The predicted octanol–water partition coefficient (Wildman–Crippen LogP) is 2.33. The van der Waals surface area contributed by atoms with Crippen molar-refractivity contribution < 1.29 is 14.3 Å². The van der Waals surface area contributed by atoms with Crippen LogP contribution in [0.1, 0.15) is 24.1 Å². The van der Waals surface area contributed by atoms with E-state index in [-0.39, 0.29) is 18.0 Å². The zero-order valence-electron chi connectivity index (χ0n) is 16.4. The van der Waals surface area contributed by atoms with Crippen LogP contribution in [0.4, 0.5) is 5.69 Å². The van der Waals surface area contributed by atoms with Crippen molar-refractivity contribution in [3.05, 3.63) is 52.2 Å². The van der Waals surface area contributed by atoms with Crippen molar-refractivity contribution in [3.63, 3.8) is 0 Å². The molecule has 8 heteroatoms. The van der Waals surface area contributed by atoms with Crippen molar-refractivity contribution in [1.29, 1.82) is 0 Å². The molecule has 4 rings (SSSR count). The minimum atomic E-state index is -0.352. The maximum atomic E-state index is 12.9. The van der Waals surface area contributed by atoms with Crippen molar-refractivity contribution in [2.24, 2.45) is 0 Å². The average molecular weight is 394 g/mol. The van der Waals surface area contributed by atoms with Crippen LogP contribution in [-0.2, 0) is 24.2 Å². The van der Waals surface area contributed by atoms with Crippen LogP contribution < -0.4 is 20.3 Å². The molecule has 0 atom stereocenters. The van der Waals surface area contributed by atoms with Crippen molar-refractivity contribution in [3.8, 4) is 11.5 Å². The number of nitrogens with zero attached hydrogens (tertiary/aromatic N) is 3. The molecule has 150 valence electrons. The van der Waals surface area contributed by atoms with Crippen LogP contribution in [0, 0.1) is 0 Å². The largest absolute Gasteiger partial charge is 0.497 e. The van der Waals surface area contributed by atoms with Crippen LogP contribution in [0.3, 0.4) is 0 Å². The third kappa shape index (κ3) is 3.91. The summed E-state index contributed by atoms with van der Waals surface area (Å²) in [5, 5.41) is 3.21. The molecule has 1 aliphatic carbocycles. The number of methoxy groups -OCH3 is 2. The number of benzene rings is 1. The Morgan fingerprint density at radius 2 is 1.83 bits per heavy atom. The molecule has 0 bridgehead atoms. The lowest BCUT2D eigenvalue weighted by molar-refractivity contribution is -0.116. The van der Waals surface area contributed by atoms with Gasteiger partial charge in [0.2, 0.25) is 5.91 Å². The quantitative estimate of drug-likeness (QED) is 0.714. The van der Waals surface area contributed by atoms with E-state index in [1.807, 2.05) is 6.07 Å². The minimum absolute atomic E-state index is 0.154. The Kier molecular flexibility index (Phi) is 5.16. The van der Waals surface area contributed by atoms with Gasteiger partial charge in [-0.25, -0.2) is 9.97 Å². The van der Waals surface area contributed by atoms with E-state index in [4.69, 9.17) is 9.47 Å². The zero-order chi connectivity index (χ0) is 20.4. The first-order chi connectivity index (χ1) is 14.1. The molecule has 1 aliphatic rings. The first-order valence-electron chi connectivity index (χ1n) is 9.48. The van der Waals surface area contributed by atoms with Crippen molar-refractivity contribution in [1.82, 2.24) is 14.5 Å². The smallest absolute Gasteiger partial charge is 0.263 e. The van der Waals surface area contributed by atoms with Crippen LogP contribution in [0.15, 0.2) is 35.4 Å². The number of hydrogen-bond donors (Lipinski definition) is 1. The fourth-order valence-electron chi connectivity index (χ4n) is 3.56. The highest BCUT2D eigenvalue weighted by atomic mass is 16.5. The second-order valence-electron chi connectivity index (χ2n) is 7.00. The van der Waals surface area contributed by atoms with E-state index < -0.39 is 0 Å². The van der Waals surface area contributed by atoms with Crippen LogP contribution >= 0.6 is 0 Å². The lowest BCUT2D eigenvalue weighted by atomic mass is 9.95. The molecule has 8 nitrogen and oxygen atoms in total. The van der Waals surface area contributed by atoms with E-state index in [9.17, 15) is 9.59 Å². The number of carbonyl (C=O) groups is 1. The van der Waals surface area contributed by atoms with E-state index in [1.165, 1.54) is 25.1 Å². The molecule has 0 aliphatic heterocycles. The van der Waals surface area contributed by atoms with Gasteiger partial charge in [0.05, 0.1) is 19.6 Å². The molecule has 1 aromatic carbocycles. The van der Waals surface area contributed by atoms with E-state index in [1.54, 1.807) is 18.2 Å². The van der Waals surface area contributed by atoms with E-state index in [2.05, 4.69) is 15.3 Å². The molecule has 0 radical (unpaired) electrons. The van der Waals surface area contributed by atoms with Crippen molar-refractivity contribution >= 4 is 22.6 Å². The number of pyridine rings is 1. The van der Waals surface area contributed by atoms with Gasteiger partial charge in [-0.2, -0.15) is 0 Å². The third-order valence-electron chi connectivity index (χ3n) is 5.04. The second kappa shape index (κ2) is 7.90. The minimum Gasteiger partial charge on any atom is -0.497 e. The highest BCUT2D eigenvalue weighted by molar-refractivity contribution is 5.91. The number of carbonyl (C=O) groups excluding carboxylic acids is 1. The van der Waals surface area contributed by atoms with Gasteiger partial charge >= 0.3 is 0 Å². The van der Waals surface area contributed by atoms with Gasteiger partial charge in [-0.15, -0.1) is 0 Å². The first-order valence-corrected chi connectivity index (χ1v) is 9.48. The Hall–Kier alpha value is -3.42. The van der Waals surface area contributed by atoms with Gasteiger partial charge in [0, 0.05) is 29.6 Å². The van der Waals surface area contributed by atoms with Crippen LogP contribution in [0.25, 0.3) is 11.0 Å². The first kappa shape index (κ1) is 18.9. The number of rotatable bonds is 5. The van der Waals surface area contributed by atoms with E-state index in [0.29, 0.717) is 28.2 Å². The van der Waals surface area contributed by atoms with Gasteiger partial charge in [0.15, 0.2) is 5.65 Å². The van der Waals surface area contributed by atoms with Crippen LogP contribution in [0.2, 0.25) is 0 Å². The maximum Gasteiger partial charge on any atom is 0.263 e. The highest BCUT2D eigenvalue weighted by Gasteiger charge is 2.16. The monoisotopic (exact) mass is 394 g/mol. The molecule has 2 heterocycles. The number of aryl methyl sites for hydroxylation is 2. The van der Waals surface area contributed by atoms with Crippen molar-refractivity contribution in [2.75, 3.05) is 19.5 Å². The molecule has 3 aromatic rings.